The van der Waals surface area contributed by atoms with Gasteiger partial charge in [-0.05, 0) is 73.6 Å². The summed E-state index contributed by atoms with van der Waals surface area (Å²) in [7, 11) is 0. The van der Waals surface area contributed by atoms with Gasteiger partial charge in [-0.3, -0.25) is 0 Å². The van der Waals surface area contributed by atoms with E-state index in [1.165, 1.54) is 31.7 Å². The lowest BCUT2D eigenvalue weighted by Crippen LogP contribution is -2.35. The van der Waals surface area contributed by atoms with Crippen molar-refractivity contribution in [3.8, 4) is 0 Å². The highest BCUT2D eigenvalue weighted by molar-refractivity contribution is 5.27. The number of nitrogens with two attached hydrogens (primary N) is 1. The second-order valence-corrected chi connectivity index (χ2v) is 6.28. The van der Waals surface area contributed by atoms with Crippen LogP contribution >= 0.6 is 0 Å². The number of fused-ring (bicyclic) bond motifs is 2. The van der Waals surface area contributed by atoms with Crippen molar-refractivity contribution >= 4 is 0 Å². The molecular formula is C16H22FN. The summed E-state index contributed by atoms with van der Waals surface area (Å²) in [5.41, 5.74) is 8.64. The Kier molecular flexibility index (Phi) is 3.14. The van der Waals surface area contributed by atoms with Crippen molar-refractivity contribution in [3.05, 3.63) is 35.1 Å². The van der Waals surface area contributed by atoms with Crippen LogP contribution in [-0.2, 0) is 6.42 Å². The van der Waals surface area contributed by atoms with Crippen LogP contribution in [0.5, 0.6) is 0 Å². The van der Waals surface area contributed by atoms with Gasteiger partial charge in [0.05, 0.1) is 0 Å². The van der Waals surface area contributed by atoms with Crippen molar-refractivity contribution in [2.45, 2.75) is 45.1 Å². The van der Waals surface area contributed by atoms with Gasteiger partial charge in [0.15, 0.2) is 0 Å². The zero-order valence-corrected chi connectivity index (χ0v) is 11.0. The second kappa shape index (κ2) is 4.65. The SMILES string of the molecule is Cc1ccc(F)cc1CC(N)C1CC2CCC1C2. The maximum Gasteiger partial charge on any atom is 0.123 e. The summed E-state index contributed by atoms with van der Waals surface area (Å²) >= 11 is 0. The molecule has 4 unspecified atom stereocenters. The van der Waals surface area contributed by atoms with Crippen LogP contribution in [0.1, 0.15) is 36.8 Å². The summed E-state index contributed by atoms with van der Waals surface area (Å²) in [5, 5.41) is 0. The van der Waals surface area contributed by atoms with Crippen molar-refractivity contribution in [3.63, 3.8) is 0 Å². The summed E-state index contributed by atoms with van der Waals surface area (Å²) in [6.07, 6.45) is 6.30. The predicted octanol–water partition coefficient (Wildman–Crippen LogP) is 3.44. The quantitative estimate of drug-likeness (QED) is 0.870. The minimum Gasteiger partial charge on any atom is -0.327 e. The molecule has 2 aliphatic rings. The van der Waals surface area contributed by atoms with E-state index in [4.69, 9.17) is 5.73 Å². The largest absolute Gasteiger partial charge is 0.327 e. The molecule has 0 radical (unpaired) electrons. The maximum atomic E-state index is 13.3. The first kappa shape index (κ1) is 12.2. The molecule has 0 saturated heterocycles. The molecule has 98 valence electrons. The summed E-state index contributed by atoms with van der Waals surface area (Å²) in [5.74, 6) is 2.31. The molecule has 2 bridgehead atoms. The third kappa shape index (κ3) is 2.18. The Labute approximate surface area is 109 Å². The Balaban J connectivity index is 1.70. The molecule has 2 saturated carbocycles. The van der Waals surface area contributed by atoms with E-state index in [1.807, 2.05) is 13.0 Å². The molecule has 0 amide bonds. The topological polar surface area (TPSA) is 26.0 Å². The standard InChI is InChI=1S/C16H22FN/c1-10-2-5-14(17)8-13(10)9-16(18)15-7-11-3-4-12(15)6-11/h2,5,8,11-12,15-16H,3-4,6-7,9,18H2,1H3. The highest BCUT2D eigenvalue weighted by Crippen LogP contribution is 2.49. The number of hydrogen-bond donors (Lipinski definition) is 1. The van der Waals surface area contributed by atoms with Crippen molar-refractivity contribution in [1.29, 1.82) is 0 Å². The van der Waals surface area contributed by atoms with Crippen molar-refractivity contribution < 1.29 is 4.39 Å². The van der Waals surface area contributed by atoms with E-state index in [-0.39, 0.29) is 11.9 Å². The van der Waals surface area contributed by atoms with Crippen molar-refractivity contribution in [2.24, 2.45) is 23.5 Å². The van der Waals surface area contributed by atoms with E-state index < -0.39 is 0 Å². The van der Waals surface area contributed by atoms with E-state index in [0.29, 0.717) is 5.92 Å². The fourth-order valence-corrected chi connectivity index (χ4v) is 4.08. The van der Waals surface area contributed by atoms with Crippen LogP contribution in [0, 0.1) is 30.5 Å². The third-order valence-electron chi connectivity index (χ3n) is 5.11. The highest BCUT2D eigenvalue weighted by atomic mass is 19.1. The molecule has 1 aromatic carbocycles. The average Bonchev–Trinajstić information content (AvgIpc) is 2.96. The monoisotopic (exact) mass is 247 g/mol. The normalized spacial score (nSPS) is 31.8. The smallest absolute Gasteiger partial charge is 0.123 e. The minimum atomic E-state index is -0.143. The molecule has 4 atom stereocenters. The minimum absolute atomic E-state index is 0.143. The average molecular weight is 247 g/mol. The van der Waals surface area contributed by atoms with Crippen molar-refractivity contribution in [1.82, 2.24) is 0 Å². The third-order valence-corrected chi connectivity index (χ3v) is 5.11. The Morgan fingerprint density at radius 3 is 2.83 bits per heavy atom. The van der Waals surface area contributed by atoms with Gasteiger partial charge in [-0.1, -0.05) is 12.5 Å². The van der Waals surface area contributed by atoms with Gasteiger partial charge in [-0.15, -0.1) is 0 Å². The molecule has 2 aliphatic carbocycles. The van der Waals surface area contributed by atoms with E-state index in [0.717, 1.165) is 29.4 Å². The zero-order valence-electron chi connectivity index (χ0n) is 11.0. The molecule has 0 aromatic heterocycles. The van der Waals surface area contributed by atoms with Crippen LogP contribution in [-0.4, -0.2) is 6.04 Å². The van der Waals surface area contributed by atoms with Crippen LogP contribution in [0.15, 0.2) is 18.2 Å². The van der Waals surface area contributed by atoms with Gasteiger partial charge in [-0.2, -0.15) is 0 Å². The second-order valence-electron chi connectivity index (χ2n) is 6.28. The molecule has 18 heavy (non-hydrogen) atoms. The fourth-order valence-electron chi connectivity index (χ4n) is 4.08. The van der Waals surface area contributed by atoms with E-state index in [1.54, 1.807) is 6.07 Å². The van der Waals surface area contributed by atoms with Gasteiger partial charge in [0.25, 0.3) is 0 Å². The Bertz CT molecular complexity index is 443. The molecule has 1 aromatic rings. The van der Waals surface area contributed by atoms with Crippen LogP contribution in [0.25, 0.3) is 0 Å². The highest BCUT2D eigenvalue weighted by Gasteiger charge is 2.41. The summed E-state index contributed by atoms with van der Waals surface area (Å²) < 4.78 is 13.3. The molecule has 0 spiro atoms. The van der Waals surface area contributed by atoms with E-state index in [2.05, 4.69) is 0 Å². The molecule has 2 fully saturated rings. The molecular weight excluding hydrogens is 225 g/mol. The summed E-state index contributed by atoms with van der Waals surface area (Å²) in [4.78, 5) is 0. The van der Waals surface area contributed by atoms with E-state index >= 15 is 0 Å². The Hall–Kier alpha value is -0.890. The maximum absolute atomic E-state index is 13.3. The van der Waals surface area contributed by atoms with Crippen LogP contribution < -0.4 is 5.73 Å². The van der Waals surface area contributed by atoms with Gasteiger partial charge < -0.3 is 5.73 Å². The van der Waals surface area contributed by atoms with Crippen molar-refractivity contribution in [2.75, 3.05) is 0 Å². The van der Waals surface area contributed by atoms with Gasteiger partial charge in [0.2, 0.25) is 0 Å². The first-order chi connectivity index (χ1) is 8.63. The molecule has 1 nitrogen and oxygen atoms in total. The number of hydrogen-bond acceptors (Lipinski definition) is 1. The van der Waals surface area contributed by atoms with Crippen LogP contribution in [0.4, 0.5) is 4.39 Å². The Morgan fingerprint density at radius 1 is 1.33 bits per heavy atom. The van der Waals surface area contributed by atoms with E-state index in [9.17, 15) is 4.39 Å². The lowest BCUT2D eigenvalue weighted by molar-refractivity contribution is 0.280. The van der Waals surface area contributed by atoms with Gasteiger partial charge >= 0.3 is 0 Å². The molecule has 3 rings (SSSR count). The first-order valence-corrected chi connectivity index (χ1v) is 7.14. The summed E-state index contributed by atoms with van der Waals surface area (Å²) in [6, 6.07) is 5.25. The lowest BCUT2D eigenvalue weighted by atomic mass is 9.81. The number of benzene rings is 1. The van der Waals surface area contributed by atoms with Crippen LogP contribution in [0.2, 0.25) is 0 Å². The molecule has 2 N–H and O–H groups in total. The van der Waals surface area contributed by atoms with Crippen LogP contribution in [0.3, 0.4) is 0 Å². The number of rotatable bonds is 3. The molecule has 0 heterocycles. The first-order valence-electron chi connectivity index (χ1n) is 7.14. The number of aryl methyl sites for hydroxylation is 1. The lowest BCUT2D eigenvalue weighted by Gasteiger charge is -2.28. The fraction of sp³-hybridized carbons (Fsp3) is 0.625. The van der Waals surface area contributed by atoms with Gasteiger partial charge in [-0.25, -0.2) is 4.39 Å². The molecule has 2 heteroatoms. The zero-order chi connectivity index (χ0) is 12.7. The predicted molar refractivity (Wildman–Crippen MR) is 71.8 cm³/mol. The summed E-state index contributed by atoms with van der Waals surface area (Å²) in [6.45, 7) is 2.04. The Morgan fingerprint density at radius 2 is 2.17 bits per heavy atom. The van der Waals surface area contributed by atoms with Gasteiger partial charge in [0.1, 0.15) is 5.82 Å². The number of halogens is 1. The molecule has 0 aliphatic heterocycles. The van der Waals surface area contributed by atoms with Gasteiger partial charge in [0, 0.05) is 6.04 Å².